The Bertz CT molecular complexity index is 820. The number of aliphatic imine (C=N–C) groups is 1. The van der Waals surface area contributed by atoms with Crippen molar-refractivity contribution in [3.63, 3.8) is 0 Å². The highest BCUT2D eigenvalue weighted by Gasteiger charge is 2.04. The summed E-state index contributed by atoms with van der Waals surface area (Å²) in [5, 5.41) is 15.8. The topological polar surface area (TPSA) is 73.7 Å². The van der Waals surface area contributed by atoms with Crippen molar-refractivity contribution in [2.75, 3.05) is 5.32 Å². The molecular weight excluding hydrogens is 402 g/mol. The van der Waals surface area contributed by atoms with Gasteiger partial charge in [0.05, 0.1) is 5.69 Å². The Kier molecular flexibility index (Phi) is 6.66. The minimum Gasteiger partial charge on any atom is -0.507 e. The Balaban J connectivity index is 2.05. The highest BCUT2D eigenvalue weighted by atomic mass is 79.9. The molecule has 2 aromatic carbocycles. The molecule has 2 rings (SSSR count). The highest BCUT2D eigenvalue weighted by molar-refractivity contribution is 9.10. The minimum atomic E-state index is -0.136. The third-order valence-electron chi connectivity index (χ3n) is 3.35. The predicted octanol–water partition coefficient (Wildman–Crippen LogP) is 4.44. The normalized spacial score (nSPS) is 10.7. The van der Waals surface area contributed by atoms with Gasteiger partial charge in [0.25, 0.3) is 0 Å². The number of rotatable bonds is 4. The molecule has 5 nitrogen and oxygen atoms in total. The Morgan fingerprint density at radius 1 is 1.32 bits per heavy atom. The fourth-order valence-electron chi connectivity index (χ4n) is 2.01. The van der Waals surface area contributed by atoms with Crippen molar-refractivity contribution in [2.45, 2.75) is 20.3 Å². The molecule has 0 atom stereocenters. The van der Waals surface area contributed by atoms with Crippen molar-refractivity contribution < 1.29 is 9.90 Å². The van der Waals surface area contributed by atoms with Gasteiger partial charge in [-0.3, -0.25) is 9.79 Å². The van der Waals surface area contributed by atoms with Crippen molar-refractivity contribution in [3.8, 4) is 5.75 Å². The summed E-state index contributed by atoms with van der Waals surface area (Å²) in [6.07, 6.45) is 1.99. The predicted molar refractivity (Wildman–Crippen MR) is 109 cm³/mol. The largest absolute Gasteiger partial charge is 0.507 e. The molecule has 0 aliphatic carbocycles. The van der Waals surface area contributed by atoms with Gasteiger partial charge in [0, 0.05) is 28.4 Å². The van der Waals surface area contributed by atoms with Crippen LogP contribution in [0.3, 0.4) is 0 Å². The molecule has 130 valence electrons. The van der Waals surface area contributed by atoms with Gasteiger partial charge in [0.1, 0.15) is 5.75 Å². The zero-order valence-corrected chi connectivity index (χ0v) is 16.2. The van der Waals surface area contributed by atoms with Gasteiger partial charge in [0.15, 0.2) is 5.11 Å². The SMILES string of the molecule is CCC(=O)NC(=S)Nc1ccc(N=Cc2cc(Br)cc(C)c2O)cc1. The van der Waals surface area contributed by atoms with Gasteiger partial charge in [-0.2, -0.15) is 0 Å². The van der Waals surface area contributed by atoms with E-state index in [0.29, 0.717) is 12.0 Å². The molecule has 0 spiro atoms. The fraction of sp³-hybridized carbons (Fsp3) is 0.167. The molecule has 0 heterocycles. The van der Waals surface area contributed by atoms with Crippen molar-refractivity contribution >= 4 is 56.8 Å². The summed E-state index contributed by atoms with van der Waals surface area (Å²) < 4.78 is 0.881. The number of amides is 1. The number of carbonyl (C=O) groups excluding carboxylic acids is 1. The van der Waals surface area contributed by atoms with Crippen molar-refractivity contribution in [1.82, 2.24) is 5.32 Å². The number of anilines is 1. The summed E-state index contributed by atoms with van der Waals surface area (Å²) in [7, 11) is 0. The van der Waals surface area contributed by atoms with Gasteiger partial charge in [0.2, 0.25) is 5.91 Å². The van der Waals surface area contributed by atoms with E-state index in [1.165, 1.54) is 0 Å². The quantitative estimate of drug-likeness (QED) is 0.505. The Morgan fingerprint density at radius 3 is 2.64 bits per heavy atom. The van der Waals surface area contributed by atoms with Gasteiger partial charge in [-0.15, -0.1) is 0 Å². The smallest absolute Gasteiger partial charge is 0.225 e. The van der Waals surface area contributed by atoms with Crippen LogP contribution in [-0.4, -0.2) is 22.3 Å². The molecule has 7 heteroatoms. The molecule has 0 aliphatic rings. The minimum absolute atomic E-state index is 0.136. The summed E-state index contributed by atoms with van der Waals surface area (Å²) in [6, 6.07) is 10.9. The number of aromatic hydroxyl groups is 1. The lowest BCUT2D eigenvalue weighted by atomic mass is 10.1. The van der Waals surface area contributed by atoms with Crippen molar-refractivity contribution in [1.29, 1.82) is 0 Å². The zero-order chi connectivity index (χ0) is 18.4. The van der Waals surface area contributed by atoms with E-state index in [9.17, 15) is 9.90 Å². The lowest BCUT2D eigenvalue weighted by Gasteiger charge is -2.08. The number of nitrogens with zero attached hydrogens (tertiary/aromatic N) is 1. The van der Waals surface area contributed by atoms with Gasteiger partial charge in [-0.05, 0) is 61.1 Å². The van der Waals surface area contributed by atoms with Crippen LogP contribution in [0.15, 0.2) is 45.9 Å². The van der Waals surface area contributed by atoms with Crippen molar-refractivity contribution in [3.05, 3.63) is 52.0 Å². The summed E-state index contributed by atoms with van der Waals surface area (Å²) in [6.45, 7) is 3.59. The third kappa shape index (κ3) is 5.65. The molecule has 0 unspecified atom stereocenters. The van der Waals surface area contributed by atoms with Crippen LogP contribution in [0.5, 0.6) is 5.75 Å². The molecule has 0 saturated heterocycles. The van der Waals surface area contributed by atoms with Crippen LogP contribution in [0.1, 0.15) is 24.5 Å². The first-order valence-electron chi connectivity index (χ1n) is 7.63. The number of carbonyl (C=O) groups is 1. The number of aryl methyl sites for hydroxylation is 1. The lowest BCUT2D eigenvalue weighted by Crippen LogP contribution is -2.33. The van der Waals surface area contributed by atoms with Crippen LogP contribution in [-0.2, 0) is 4.79 Å². The van der Waals surface area contributed by atoms with Gasteiger partial charge in [-0.1, -0.05) is 22.9 Å². The number of hydrogen-bond donors (Lipinski definition) is 3. The average Bonchev–Trinajstić information content (AvgIpc) is 2.57. The number of hydrogen-bond acceptors (Lipinski definition) is 4. The summed E-state index contributed by atoms with van der Waals surface area (Å²) in [5.74, 6) is 0.0742. The van der Waals surface area contributed by atoms with E-state index in [1.54, 1.807) is 19.2 Å². The third-order valence-corrected chi connectivity index (χ3v) is 4.01. The first-order valence-corrected chi connectivity index (χ1v) is 8.83. The summed E-state index contributed by atoms with van der Waals surface area (Å²) in [4.78, 5) is 15.6. The lowest BCUT2D eigenvalue weighted by molar-refractivity contribution is -0.119. The Morgan fingerprint density at radius 2 is 2.00 bits per heavy atom. The van der Waals surface area contributed by atoms with Gasteiger partial charge in [-0.25, -0.2) is 0 Å². The zero-order valence-electron chi connectivity index (χ0n) is 13.8. The van der Waals surface area contributed by atoms with Crippen LogP contribution in [0.25, 0.3) is 0 Å². The van der Waals surface area contributed by atoms with Crippen LogP contribution < -0.4 is 10.6 Å². The second kappa shape index (κ2) is 8.73. The molecular formula is C18H18BrN3O2S. The van der Waals surface area contributed by atoms with E-state index < -0.39 is 0 Å². The van der Waals surface area contributed by atoms with E-state index in [2.05, 4.69) is 31.6 Å². The van der Waals surface area contributed by atoms with Gasteiger partial charge >= 0.3 is 0 Å². The molecule has 0 radical (unpaired) electrons. The molecule has 0 bridgehead atoms. The van der Waals surface area contributed by atoms with E-state index >= 15 is 0 Å². The maximum atomic E-state index is 11.3. The molecule has 0 aromatic heterocycles. The number of halogens is 1. The number of thiocarbonyl (C=S) groups is 1. The van der Waals surface area contributed by atoms with E-state index in [0.717, 1.165) is 21.4 Å². The van der Waals surface area contributed by atoms with Crippen LogP contribution in [0, 0.1) is 6.92 Å². The fourth-order valence-corrected chi connectivity index (χ4v) is 2.83. The average molecular weight is 420 g/mol. The number of phenols is 1. The van der Waals surface area contributed by atoms with Crippen LogP contribution in [0.4, 0.5) is 11.4 Å². The maximum Gasteiger partial charge on any atom is 0.225 e. The molecule has 25 heavy (non-hydrogen) atoms. The highest BCUT2D eigenvalue weighted by Crippen LogP contribution is 2.26. The number of benzene rings is 2. The second-order valence-corrected chi connectivity index (χ2v) is 6.65. The monoisotopic (exact) mass is 419 g/mol. The standard InChI is InChI=1S/C18H18BrN3O2S/c1-3-16(23)22-18(25)21-15-6-4-14(5-7-15)20-10-12-9-13(19)8-11(2)17(12)24/h4-10,24H,3H2,1-2H3,(H2,21,22,23,25). The molecule has 0 aliphatic heterocycles. The Labute approximate surface area is 160 Å². The van der Waals surface area contributed by atoms with Crippen molar-refractivity contribution in [2.24, 2.45) is 4.99 Å². The summed E-state index contributed by atoms with van der Waals surface area (Å²) in [5.41, 5.74) is 2.89. The molecule has 0 saturated carbocycles. The first kappa shape index (κ1) is 19.1. The number of nitrogens with one attached hydrogen (secondary N) is 2. The van der Waals surface area contributed by atoms with E-state index in [4.69, 9.17) is 12.2 Å². The Hall–Kier alpha value is -2.25. The maximum absolute atomic E-state index is 11.3. The molecule has 1 amide bonds. The van der Waals surface area contributed by atoms with Gasteiger partial charge < -0.3 is 15.7 Å². The number of phenolic OH excluding ortho intramolecular Hbond substituents is 1. The van der Waals surface area contributed by atoms with Crippen LogP contribution in [0.2, 0.25) is 0 Å². The van der Waals surface area contributed by atoms with Crippen LogP contribution >= 0.6 is 28.1 Å². The first-order chi connectivity index (χ1) is 11.9. The second-order valence-electron chi connectivity index (χ2n) is 5.32. The van der Waals surface area contributed by atoms with E-state index in [-0.39, 0.29) is 16.8 Å². The van der Waals surface area contributed by atoms with E-state index in [1.807, 2.05) is 37.3 Å². The molecule has 3 N–H and O–H groups in total. The summed E-state index contributed by atoms with van der Waals surface area (Å²) >= 11 is 8.47. The molecule has 0 fully saturated rings. The molecule has 2 aromatic rings.